The van der Waals surface area contributed by atoms with Gasteiger partial charge in [-0.15, -0.1) is 0 Å². The van der Waals surface area contributed by atoms with E-state index in [0.717, 1.165) is 14.1 Å². The number of nitrogens with one attached hydrogen (secondary N) is 1. The summed E-state index contributed by atoms with van der Waals surface area (Å²) in [5, 5.41) is 1.30. The predicted molar refractivity (Wildman–Crippen MR) is 69.3 cm³/mol. The third-order valence-corrected chi connectivity index (χ3v) is 4.12. The maximum Gasteiger partial charge on any atom is 0.421 e. The average Bonchev–Trinajstić information content (AvgIpc) is 2.38. The van der Waals surface area contributed by atoms with Crippen molar-refractivity contribution in [1.29, 1.82) is 0 Å². The van der Waals surface area contributed by atoms with E-state index < -0.39 is 39.7 Å². The molecular formula is C10H8BrF6N3O3. The van der Waals surface area contributed by atoms with Gasteiger partial charge >= 0.3 is 18.0 Å². The molecule has 1 N–H and O–H groups in total. The highest BCUT2D eigenvalue weighted by molar-refractivity contribution is 9.10. The highest BCUT2D eigenvalue weighted by Gasteiger charge is 2.74. The summed E-state index contributed by atoms with van der Waals surface area (Å²) in [6.07, 6.45) is -12.0. The third kappa shape index (κ3) is 3.14. The van der Waals surface area contributed by atoms with E-state index in [0.29, 0.717) is 15.2 Å². The van der Waals surface area contributed by atoms with E-state index >= 15 is 0 Å². The summed E-state index contributed by atoms with van der Waals surface area (Å²) in [5.41, 5.74) is -2.07. The van der Waals surface area contributed by atoms with E-state index in [4.69, 9.17) is 0 Å². The third-order valence-electron chi connectivity index (χ3n) is 2.86. The lowest BCUT2D eigenvalue weighted by molar-refractivity contribution is -0.253. The Morgan fingerprint density at radius 2 is 1.48 bits per heavy atom. The van der Waals surface area contributed by atoms with E-state index in [1.807, 2.05) is 0 Å². The van der Waals surface area contributed by atoms with Crippen LogP contribution in [0.4, 0.5) is 32.2 Å². The van der Waals surface area contributed by atoms with Gasteiger partial charge < -0.3 is 5.32 Å². The van der Waals surface area contributed by atoms with Gasteiger partial charge in [-0.2, -0.15) is 26.3 Å². The molecule has 0 bridgehead atoms. The molecule has 0 saturated heterocycles. The van der Waals surface area contributed by atoms with Gasteiger partial charge in [0.15, 0.2) is 0 Å². The fourth-order valence-corrected chi connectivity index (χ4v) is 1.57. The topological polar surface area (TPSA) is 73.1 Å². The molecule has 0 atom stereocenters. The molecule has 13 heteroatoms. The summed E-state index contributed by atoms with van der Waals surface area (Å²) >= 11 is 1.39. The maximum absolute atomic E-state index is 12.7. The first-order valence-corrected chi connectivity index (χ1v) is 6.34. The van der Waals surface area contributed by atoms with Crippen molar-refractivity contribution in [2.75, 3.05) is 5.32 Å². The number of alkyl halides is 7. The number of halogens is 7. The van der Waals surface area contributed by atoms with Gasteiger partial charge in [-0.3, -0.25) is 18.7 Å². The Morgan fingerprint density at radius 1 is 1.04 bits per heavy atom. The molecule has 130 valence electrons. The van der Waals surface area contributed by atoms with Crippen molar-refractivity contribution in [2.24, 2.45) is 14.1 Å². The van der Waals surface area contributed by atoms with Crippen molar-refractivity contribution in [3.8, 4) is 0 Å². The first-order valence-electron chi connectivity index (χ1n) is 5.55. The summed E-state index contributed by atoms with van der Waals surface area (Å²) in [6.45, 7) is 0. The molecule has 23 heavy (non-hydrogen) atoms. The van der Waals surface area contributed by atoms with Gasteiger partial charge in [0.1, 0.15) is 5.82 Å². The van der Waals surface area contributed by atoms with Crippen molar-refractivity contribution < 1.29 is 31.1 Å². The largest absolute Gasteiger partial charge is 0.421 e. The zero-order chi connectivity index (χ0) is 18.4. The van der Waals surface area contributed by atoms with Crippen LogP contribution in [0.5, 0.6) is 0 Å². The molecular weight excluding hydrogens is 404 g/mol. The van der Waals surface area contributed by atoms with Crippen LogP contribution in [0, 0.1) is 0 Å². The lowest BCUT2D eigenvalue weighted by atomic mass is 10.1. The number of aromatic nitrogens is 2. The molecule has 0 aromatic carbocycles. The number of hydrogen-bond donors (Lipinski definition) is 1. The number of nitrogens with zero attached hydrogens (tertiary/aromatic N) is 2. The summed E-state index contributed by atoms with van der Waals surface area (Å²) < 4.78 is 72.4. The quantitative estimate of drug-likeness (QED) is 0.588. The summed E-state index contributed by atoms with van der Waals surface area (Å²) in [5.74, 6) is -3.36. The lowest BCUT2D eigenvalue weighted by Crippen LogP contribution is -2.60. The number of rotatable bonds is 2. The molecule has 0 aliphatic rings. The molecule has 0 aliphatic heterocycles. The van der Waals surface area contributed by atoms with Crippen molar-refractivity contribution in [2.45, 2.75) is 16.7 Å². The summed E-state index contributed by atoms with van der Waals surface area (Å²) in [6, 6.07) is 0.513. The molecule has 0 spiro atoms. The second-order valence-electron chi connectivity index (χ2n) is 4.38. The summed E-state index contributed by atoms with van der Waals surface area (Å²) in [7, 11) is 1.99. The van der Waals surface area contributed by atoms with Gasteiger partial charge in [0, 0.05) is 20.2 Å². The zero-order valence-corrected chi connectivity index (χ0v) is 12.9. The van der Waals surface area contributed by atoms with Crippen molar-refractivity contribution in [3.05, 3.63) is 26.9 Å². The minimum Gasteiger partial charge on any atom is -0.310 e. The minimum absolute atomic E-state index is 0.513. The smallest absolute Gasteiger partial charge is 0.310 e. The molecule has 1 heterocycles. The molecule has 1 aromatic rings. The van der Waals surface area contributed by atoms with Crippen molar-refractivity contribution in [1.82, 2.24) is 9.13 Å². The predicted octanol–water partition coefficient (Wildman–Crippen LogP) is 1.28. The Hall–Kier alpha value is -1.79. The van der Waals surface area contributed by atoms with E-state index in [1.165, 1.54) is 21.2 Å². The fraction of sp³-hybridized carbons (Fsp3) is 0.500. The normalized spacial score (nSPS) is 13.1. The van der Waals surface area contributed by atoms with E-state index in [-0.39, 0.29) is 0 Å². The number of amides is 1. The zero-order valence-electron chi connectivity index (χ0n) is 11.3. The van der Waals surface area contributed by atoms with Crippen LogP contribution in [0.2, 0.25) is 0 Å². The molecule has 0 radical (unpaired) electrons. The number of hydrogen-bond acceptors (Lipinski definition) is 3. The molecule has 1 rings (SSSR count). The molecule has 6 nitrogen and oxygen atoms in total. The SMILES string of the molecule is Cn1c(NC(=O)C(Br)(C(F)(F)F)C(F)(F)F)cc(=O)n(C)c1=O. The van der Waals surface area contributed by atoms with Gasteiger partial charge in [-0.1, -0.05) is 15.9 Å². The van der Waals surface area contributed by atoms with Crippen LogP contribution in [0.15, 0.2) is 15.7 Å². The second kappa shape index (κ2) is 5.69. The lowest BCUT2D eigenvalue weighted by Gasteiger charge is -2.30. The number of carbonyl (C=O) groups is 1. The van der Waals surface area contributed by atoms with Crippen molar-refractivity contribution in [3.63, 3.8) is 0 Å². The van der Waals surface area contributed by atoms with E-state index in [2.05, 4.69) is 0 Å². The van der Waals surface area contributed by atoms with Gasteiger partial charge in [0.25, 0.3) is 15.8 Å². The van der Waals surface area contributed by atoms with E-state index in [9.17, 15) is 40.7 Å². The van der Waals surface area contributed by atoms with Crippen LogP contribution in [-0.2, 0) is 18.9 Å². The molecule has 0 aliphatic carbocycles. The first kappa shape index (κ1) is 19.3. The van der Waals surface area contributed by atoms with Gasteiger partial charge in [0.2, 0.25) is 0 Å². The number of carbonyl (C=O) groups excluding carboxylic acids is 1. The average molecular weight is 412 g/mol. The van der Waals surface area contributed by atoms with Crippen LogP contribution in [0.1, 0.15) is 0 Å². The van der Waals surface area contributed by atoms with E-state index in [1.54, 1.807) is 0 Å². The molecule has 0 unspecified atom stereocenters. The number of anilines is 1. The first-order chi connectivity index (χ1) is 10.1. The Morgan fingerprint density at radius 3 is 1.87 bits per heavy atom. The van der Waals surface area contributed by atoms with Crippen LogP contribution in [0.3, 0.4) is 0 Å². The Balaban J connectivity index is 3.42. The Kier molecular flexibility index (Phi) is 4.76. The minimum atomic E-state index is -6.02. The van der Waals surface area contributed by atoms with Crippen LogP contribution < -0.4 is 16.6 Å². The van der Waals surface area contributed by atoms with Crippen LogP contribution >= 0.6 is 15.9 Å². The monoisotopic (exact) mass is 411 g/mol. The standard InChI is InChI=1S/C10H8BrF6N3O3/c1-19-4(3-5(21)20(2)7(19)23)18-6(22)8(11,9(12,13)14)10(15,16)17/h3H,1-2H3,(H,18,22). The Labute approximate surface area is 131 Å². The van der Waals surface area contributed by atoms with Crippen molar-refractivity contribution >= 4 is 27.7 Å². The molecule has 1 amide bonds. The highest BCUT2D eigenvalue weighted by atomic mass is 79.9. The van der Waals surface area contributed by atoms with Gasteiger partial charge in [0.05, 0.1) is 0 Å². The molecule has 0 fully saturated rings. The second-order valence-corrected chi connectivity index (χ2v) is 5.57. The molecule has 1 aromatic heterocycles. The Bertz CT molecular complexity index is 734. The highest BCUT2D eigenvalue weighted by Crippen LogP contribution is 2.49. The summed E-state index contributed by atoms with van der Waals surface area (Å²) in [4.78, 5) is 34.5. The fourth-order valence-electron chi connectivity index (χ4n) is 1.47. The van der Waals surface area contributed by atoms with Crippen LogP contribution in [-0.4, -0.2) is 31.7 Å². The molecule has 0 saturated carbocycles. The van der Waals surface area contributed by atoms with Crippen LogP contribution in [0.25, 0.3) is 0 Å². The van der Waals surface area contributed by atoms with Gasteiger partial charge in [-0.25, -0.2) is 4.79 Å². The maximum atomic E-state index is 12.7. The van der Waals surface area contributed by atoms with Gasteiger partial charge in [-0.05, 0) is 0 Å².